The molecule has 13 heteroatoms. The standard InChI is InChI=1S/C47H79BN4O8/c1-28(43(57)51-37(12-8-10-15-49)38(55)18-29(2)48-59-41-24-35-23-40(45(35,4)5)46(41,6)60-48)17-39(56)42(30(3)53)52-44(58)34(13-16-50)22-36(54)11-7-9-14-47-25-31-19-32(26-47)21-33(20-31)27-47/h28-35,37,40-42,53H,7-27,49-50H2,1-6H3,(H,51,57)(H,52,58)/t28-,29-,30-,31?,32?,33?,34-,35+,37+,40+,41-,42+,46+,47?/m1/s1. The highest BCUT2D eigenvalue weighted by Gasteiger charge is 2.68. The number of nitrogens with two attached hydrogens (primary N) is 2. The van der Waals surface area contributed by atoms with Crippen molar-refractivity contribution in [1.82, 2.24) is 10.6 Å². The predicted octanol–water partition coefficient (Wildman–Crippen LogP) is 5.84. The van der Waals surface area contributed by atoms with Crippen LogP contribution in [-0.2, 0) is 33.3 Å². The second-order valence-corrected chi connectivity index (χ2v) is 21.8. The highest BCUT2D eigenvalue weighted by Crippen LogP contribution is 2.66. The first-order chi connectivity index (χ1) is 28.4. The van der Waals surface area contributed by atoms with E-state index >= 15 is 0 Å². The van der Waals surface area contributed by atoms with Gasteiger partial charge in [-0.25, -0.2) is 0 Å². The van der Waals surface area contributed by atoms with Gasteiger partial charge in [0.25, 0.3) is 0 Å². The van der Waals surface area contributed by atoms with Gasteiger partial charge in [-0.05, 0) is 163 Å². The first-order valence-electron chi connectivity index (χ1n) is 24.0. The summed E-state index contributed by atoms with van der Waals surface area (Å²) in [5.41, 5.74) is 11.9. The van der Waals surface area contributed by atoms with Crippen molar-refractivity contribution >= 4 is 36.3 Å². The molecule has 0 aromatic carbocycles. The molecule has 338 valence electrons. The zero-order valence-electron chi connectivity index (χ0n) is 37.8. The van der Waals surface area contributed by atoms with Gasteiger partial charge in [-0.3, -0.25) is 24.0 Å². The minimum atomic E-state index is -1.26. The lowest BCUT2D eigenvalue weighted by Gasteiger charge is -2.64. The van der Waals surface area contributed by atoms with Gasteiger partial charge in [-0.15, -0.1) is 0 Å². The number of aliphatic hydroxyl groups excluding tert-OH is 1. The first-order valence-corrected chi connectivity index (χ1v) is 24.0. The van der Waals surface area contributed by atoms with E-state index in [1.165, 1.54) is 51.9 Å². The lowest BCUT2D eigenvalue weighted by Crippen LogP contribution is -2.65. The Morgan fingerprint density at radius 3 is 2.03 bits per heavy atom. The molecule has 0 aromatic heterocycles. The Bertz CT molecular complexity index is 1520. The van der Waals surface area contributed by atoms with Crippen LogP contribution in [-0.4, -0.2) is 84.4 Å². The van der Waals surface area contributed by atoms with Gasteiger partial charge < -0.3 is 36.5 Å². The third-order valence-corrected chi connectivity index (χ3v) is 16.6. The Labute approximate surface area is 360 Å². The molecule has 8 rings (SSSR count). The average molecular weight is 839 g/mol. The number of carbonyl (C=O) groups is 5. The van der Waals surface area contributed by atoms with Crippen molar-refractivity contribution in [3.05, 3.63) is 0 Å². The molecule has 8 aliphatic rings. The molecule has 2 amide bonds. The lowest BCUT2D eigenvalue weighted by atomic mass is 9.43. The van der Waals surface area contributed by atoms with E-state index in [1.54, 1.807) is 6.92 Å². The Balaban J connectivity index is 0.963. The molecular weight excluding hydrogens is 759 g/mol. The van der Waals surface area contributed by atoms with Crippen molar-refractivity contribution in [3.63, 3.8) is 0 Å². The number of hydrogen-bond donors (Lipinski definition) is 5. The Hall–Kier alpha value is -2.19. The molecule has 0 unspecified atom stereocenters. The van der Waals surface area contributed by atoms with Crippen LogP contribution in [0, 0.1) is 52.3 Å². The first kappa shape index (κ1) is 47.3. The smallest absolute Gasteiger partial charge is 0.405 e. The molecule has 8 fully saturated rings. The van der Waals surface area contributed by atoms with Crippen molar-refractivity contribution in [3.8, 4) is 0 Å². The molecule has 60 heavy (non-hydrogen) atoms. The third-order valence-electron chi connectivity index (χ3n) is 16.6. The fourth-order valence-electron chi connectivity index (χ4n) is 13.4. The van der Waals surface area contributed by atoms with Gasteiger partial charge in [-0.1, -0.05) is 34.1 Å². The fraction of sp³-hybridized carbons (Fsp3) is 0.894. The van der Waals surface area contributed by atoms with Crippen molar-refractivity contribution in [2.75, 3.05) is 13.1 Å². The van der Waals surface area contributed by atoms with Gasteiger partial charge in [-0.2, -0.15) is 0 Å². The Kier molecular flexibility index (Phi) is 15.5. The molecule has 1 saturated heterocycles. The molecule has 7 N–H and O–H groups in total. The number of nitrogens with one attached hydrogen (secondary N) is 2. The average Bonchev–Trinajstić information content (AvgIpc) is 3.55. The monoisotopic (exact) mass is 839 g/mol. The highest BCUT2D eigenvalue weighted by atomic mass is 16.7. The molecule has 1 aliphatic heterocycles. The number of amides is 2. The molecule has 10 atom stereocenters. The van der Waals surface area contributed by atoms with E-state index in [-0.39, 0.29) is 66.7 Å². The topological polar surface area (TPSA) is 200 Å². The maximum atomic E-state index is 13.8. The van der Waals surface area contributed by atoms with Gasteiger partial charge in [0, 0.05) is 37.5 Å². The zero-order chi connectivity index (χ0) is 43.6. The van der Waals surface area contributed by atoms with Gasteiger partial charge in [0.1, 0.15) is 11.8 Å². The van der Waals surface area contributed by atoms with Crippen molar-refractivity contribution < 1.29 is 38.4 Å². The summed E-state index contributed by atoms with van der Waals surface area (Å²) in [6, 6.07) is -2.03. The third kappa shape index (κ3) is 10.6. The van der Waals surface area contributed by atoms with Crippen LogP contribution in [0.2, 0.25) is 5.82 Å². The summed E-state index contributed by atoms with van der Waals surface area (Å²) in [7, 11) is -0.507. The van der Waals surface area contributed by atoms with Crippen molar-refractivity contribution in [1.29, 1.82) is 0 Å². The van der Waals surface area contributed by atoms with Crippen LogP contribution in [0.15, 0.2) is 0 Å². The van der Waals surface area contributed by atoms with E-state index in [9.17, 15) is 29.1 Å². The molecule has 12 nitrogen and oxygen atoms in total. The Morgan fingerprint density at radius 1 is 0.767 bits per heavy atom. The Morgan fingerprint density at radius 2 is 1.43 bits per heavy atom. The van der Waals surface area contributed by atoms with Crippen molar-refractivity contribution in [2.45, 2.75) is 199 Å². The maximum absolute atomic E-state index is 13.8. The van der Waals surface area contributed by atoms with Crippen LogP contribution < -0.4 is 22.1 Å². The SMILES string of the molecule is C[C@H](CC(=O)[C@H](CCCCN)NC(=O)[C@H](C)CC(=O)[C@@H](NC(=O)[C@H](CCN)CC(=O)CCCCC12CC3CC(CC(C3)C1)C2)[C@@H](C)O)B1O[C@@H]2C[C@@H]3C[C@@H](C3(C)C)[C@]2(C)O1. The van der Waals surface area contributed by atoms with Crippen LogP contribution in [0.25, 0.3) is 0 Å². The van der Waals surface area contributed by atoms with E-state index in [0.717, 1.165) is 43.4 Å². The van der Waals surface area contributed by atoms with E-state index in [4.69, 9.17) is 20.8 Å². The maximum Gasteiger partial charge on any atom is 0.461 e. The molecule has 6 bridgehead atoms. The number of unbranched alkanes of at least 4 members (excludes halogenated alkanes) is 2. The second-order valence-electron chi connectivity index (χ2n) is 21.8. The minimum absolute atomic E-state index is 0.00917. The molecular formula is C47H79BN4O8. The van der Waals surface area contributed by atoms with E-state index in [0.29, 0.717) is 49.5 Å². The lowest BCUT2D eigenvalue weighted by molar-refractivity contribution is -0.199. The normalized spacial score (nSPS) is 33.8. The predicted molar refractivity (Wildman–Crippen MR) is 232 cm³/mol. The number of ketones is 3. The van der Waals surface area contributed by atoms with Crippen molar-refractivity contribution in [2.24, 2.45) is 63.7 Å². The highest BCUT2D eigenvalue weighted by molar-refractivity contribution is 6.47. The summed E-state index contributed by atoms with van der Waals surface area (Å²) in [4.78, 5) is 67.7. The van der Waals surface area contributed by atoms with E-state index < -0.39 is 54.7 Å². The number of hydrogen-bond acceptors (Lipinski definition) is 10. The summed E-state index contributed by atoms with van der Waals surface area (Å²) in [5.74, 6) is 0.405. The number of rotatable bonds is 25. The largest absolute Gasteiger partial charge is 0.461 e. The van der Waals surface area contributed by atoms with Crippen LogP contribution in [0.4, 0.5) is 0 Å². The number of Topliss-reactive ketones (excluding diaryl/α,β-unsaturated/α-hetero) is 3. The molecule has 0 spiro atoms. The quantitative estimate of drug-likeness (QED) is 0.0550. The number of aliphatic hydroxyl groups is 1. The number of carbonyl (C=O) groups excluding carboxylic acids is 5. The summed E-state index contributed by atoms with van der Waals surface area (Å²) in [6.07, 6.45) is 14.7. The summed E-state index contributed by atoms with van der Waals surface area (Å²) < 4.78 is 13.1. The second kappa shape index (κ2) is 19.7. The van der Waals surface area contributed by atoms with Crippen LogP contribution in [0.3, 0.4) is 0 Å². The molecule has 0 radical (unpaired) electrons. The van der Waals surface area contributed by atoms with Gasteiger partial charge in [0.05, 0.1) is 23.9 Å². The van der Waals surface area contributed by atoms with E-state index in [1.807, 2.05) is 6.92 Å². The van der Waals surface area contributed by atoms with Gasteiger partial charge in [0.15, 0.2) is 11.6 Å². The molecule has 1 heterocycles. The van der Waals surface area contributed by atoms with Gasteiger partial charge in [0.2, 0.25) is 11.8 Å². The van der Waals surface area contributed by atoms with Crippen LogP contribution in [0.5, 0.6) is 0 Å². The summed E-state index contributed by atoms with van der Waals surface area (Å²) in [5, 5.41) is 16.3. The molecule has 7 aliphatic carbocycles. The molecule has 7 saturated carbocycles. The van der Waals surface area contributed by atoms with Crippen LogP contribution >= 0.6 is 0 Å². The minimum Gasteiger partial charge on any atom is -0.405 e. The summed E-state index contributed by atoms with van der Waals surface area (Å²) in [6.45, 7) is 12.4. The van der Waals surface area contributed by atoms with Gasteiger partial charge >= 0.3 is 7.12 Å². The summed E-state index contributed by atoms with van der Waals surface area (Å²) >= 11 is 0. The zero-order valence-corrected chi connectivity index (χ0v) is 37.8. The van der Waals surface area contributed by atoms with Crippen LogP contribution in [0.1, 0.15) is 164 Å². The van der Waals surface area contributed by atoms with E-state index in [2.05, 4.69) is 31.4 Å². The fourth-order valence-corrected chi connectivity index (χ4v) is 13.4. The molecule has 0 aromatic rings.